The first-order valence-corrected chi connectivity index (χ1v) is 10.6. The van der Waals surface area contributed by atoms with E-state index in [2.05, 4.69) is 4.98 Å². The third kappa shape index (κ3) is 6.43. The van der Waals surface area contributed by atoms with Crippen molar-refractivity contribution in [1.82, 2.24) is 4.98 Å². The Kier molecular flexibility index (Phi) is 8.24. The van der Waals surface area contributed by atoms with Crippen molar-refractivity contribution in [2.45, 2.75) is 39.7 Å². The molecule has 0 radical (unpaired) electrons. The average Bonchev–Trinajstić information content (AvgIpc) is 3.16. The number of carbonyl (C=O) groups excluding carboxylic acids is 1. The van der Waals surface area contributed by atoms with Gasteiger partial charge in [-0.05, 0) is 50.6 Å². The van der Waals surface area contributed by atoms with Gasteiger partial charge in [-0.3, -0.25) is 0 Å². The molecule has 1 heterocycles. The van der Waals surface area contributed by atoms with Gasteiger partial charge in [-0.2, -0.15) is 0 Å². The van der Waals surface area contributed by atoms with Crippen molar-refractivity contribution in [2.75, 3.05) is 19.8 Å². The highest BCUT2D eigenvalue weighted by Crippen LogP contribution is 2.22. The van der Waals surface area contributed by atoms with E-state index in [9.17, 15) is 4.79 Å². The lowest BCUT2D eigenvalue weighted by Crippen LogP contribution is -2.28. The molecule has 0 N–H and O–H groups in total. The maximum Gasteiger partial charge on any atom is 0.335 e. The van der Waals surface area contributed by atoms with E-state index in [0.717, 1.165) is 28.3 Å². The Bertz CT molecular complexity index is 950. The van der Waals surface area contributed by atoms with Gasteiger partial charge in [0, 0.05) is 25.0 Å². The zero-order chi connectivity index (χ0) is 22.1. The van der Waals surface area contributed by atoms with Crippen molar-refractivity contribution in [1.29, 1.82) is 0 Å². The van der Waals surface area contributed by atoms with Crippen LogP contribution in [0.3, 0.4) is 0 Å². The van der Waals surface area contributed by atoms with E-state index in [0.29, 0.717) is 38.6 Å². The highest BCUT2D eigenvalue weighted by Gasteiger charge is 2.20. The highest BCUT2D eigenvalue weighted by molar-refractivity contribution is 5.75. The molecule has 0 fully saturated rings. The van der Waals surface area contributed by atoms with Crippen molar-refractivity contribution < 1.29 is 23.4 Å². The van der Waals surface area contributed by atoms with Gasteiger partial charge in [0.2, 0.25) is 5.89 Å². The van der Waals surface area contributed by atoms with Crippen molar-refractivity contribution in [2.24, 2.45) is 0 Å². The van der Waals surface area contributed by atoms with Crippen LogP contribution in [0.1, 0.15) is 30.9 Å². The number of rotatable bonds is 11. The summed E-state index contributed by atoms with van der Waals surface area (Å²) in [7, 11) is 0. The third-order valence-corrected chi connectivity index (χ3v) is 4.78. The molecule has 0 bridgehead atoms. The van der Waals surface area contributed by atoms with E-state index in [1.165, 1.54) is 0 Å². The van der Waals surface area contributed by atoms with Crippen LogP contribution in [0.4, 0.5) is 0 Å². The van der Waals surface area contributed by atoms with Crippen LogP contribution in [0.15, 0.2) is 59.0 Å². The predicted molar refractivity (Wildman–Crippen MR) is 118 cm³/mol. The van der Waals surface area contributed by atoms with Crippen LogP contribution in [-0.2, 0) is 27.1 Å². The summed E-state index contributed by atoms with van der Waals surface area (Å²) in [6.07, 6.45) is 0.526. The quantitative estimate of drug-likeness (QED) is 0.413. The van der Waals surface area contributed by atoms with Crippen LogP contribution < -0.4 is 4.74 Å². The summed E-state index contributed by atoms with van der Waals surface area (Å²) in [5.41, 5.74) is 2.84. The molecule has 1 unspecified atom stereocenters. The van der Waals surface area contributed by atoms with Gasteiger partial charge < -0.3 is 18.6 Å². The number of aryl methyl sites for hydroxylation is 1. The molecule has 0 aliphatic carbocycles. The minimum Gasteiger partial charge on any atom is -0.493 e. The first-order valence-electron chi connectivity index (χ1n) is 10.6. The van der Waals surface area contributed by atoms with Gasteiger partial charge >= 0.3 is 5.97 Å². The lowest BCUT2D eigenvalue weighted by Gasteiger charge is -2.15. The molecule has 0 aliphatic heterocycles. The molecule has 164 valence electrons. The normalized spacial score (nSPS) is 11.8. The van der Waals surface area contributed by atoms with Crippen LogP contribution in [0.25, 0.3) is 11.5 Å². The molecule has 6 heteroatoms. The Morgan fingerprint density at radius 3 is 2.45 bits per heavy atom. The fraction of sp³-hybridized carbons (Fsp3) is 0.360. The van der Waals surface area contributed by atoms with Crippen LogP contribution in [-0.4, -0.2) is 36.9 Å². The van der Waals surface area contributed by atoms with E-state index in [-0.39, 0.29) is 5.97 Å². The summed E-state index contributed by atoms with van der Waals surface area (Å²) < 4.78 is 22.3. The zero-order valence-electron chi connectivity index (χ0n) is 18.3. The number of ether oxygens (including phenoxy) is 3. The summed E-state index contributed by atoms with van der Waals surface area (Å²) in [6.45, 7) is 6.86. The fourth-order valence-electron chi connectivity index (χ4n) is 3.21. The number of carbonyl (C=O) groups is 1. The maximum atomic E-state index is 12.0. The second-order valence-electron chi connectivity index (χ2n) is 7.03. The van der Waals surface area contributed by atoms with E-state index in [1.807, 2.05) is 68.4 Å². The summed E-state index contributed by atoms with van der Waals surface area (Å²) >= 11 is 0. The molecule has 3 aromatic rings. The lowest BCUT2D eigenvalue weighted by atomic mass is 10.1. The van der Waals surface area contributed by atoms with Crippen LogP contribution in [0.2, 0.25) is 0 Å². The maximum absolute atomic E-state index is 12.0. The Balaban J connectivity index is 1.53. The molecular formula is C25H29NO5. The van der Waals surface area contributed by atoms with Gasteiger partial charge in [0.25, 0.3) is 0 Å². The Labute approximate surface area is 183 Å². The highest BCUT2D eigenvalue weighted by atomic mass is 16.6. The number of oxazole rings is 1. The molecule has 0 aliphatic rings. The van der Waals surface area contributed by atoms with Crippen molar-refractivity contribution >= 4 is 5.97 Å². The molecule has 6 nitrogen and oxygen atoms in total. The van der Waals surface area contributed by atoms with Gasteiger partial charge in [0.05, 0.1) is 18.9 Å². The van der Waals surface area contributed by atoms with E-state index >= 15 is 0 Å². The number of nitrogens with zero attached hydrogens (tertiary/aromatic N) is 1. The Morgan fingerprint density at radius 2 is 1.77 bits per heavy atom. The molecule has 0 amide bonds. The number of esters is 1. The first-order chi connectivity index (χ1) is 15.1. The zero-order valence-corrected chi connectivity index (χ0v) is 18.3. The molecule has 2 aromatic carbocycles. The second-order valence-corrected chi connectivity index (χ2v) is 7.03. The minimum absolute atomic E-state index is 0.331. The average molecular weight is 424 g/mol. The van der Waals surface area contributed by atoms with Gasteiger partial charge in [-0.1, -0.05) is 30.3 Å². The van der Waals surface area contributed by atoms with E-state index in [1.54, 1.807) is 6.92 Å². The second kappa shape index (κ2) is 11.3. The van der Waals surface area contributed by atoms with Crippen molar-refractivity contribution in [3.63, 3.8) is 0 Å². The number of hydrogen-bond donors (Lipinski definition) is 0. The third-order valence-electron chi connectivity index (χ3n) is 4.78. The predicted octanol–water partition coefficient (Wildman–Crippen LogP) is 4.78. The monoisotopic (exact) mass is 423 g/mol. The SMILES string of the molecule is CCOC(=O)C(Cc1ccc(OCCc2nc(-c3ccccc3)oc2C)cc1)OCC. The molecule has 1 aromatic heterocycles. The van der Waals surface area contributed by atoms with Gasteiger partial charge in [0.15, 0.2) is 6.10 Å². The smallest absolute Gasteiger partial charge is 0.335 e. The van der Waals surface area contributed by atoms with Crippen LogP contribution in [0, 0.1) is 6.92 Å². The lowest BCUT2D eigenvalue weighted by molar-refractivity contribution is -0.156. The van der Waals surface area contributed by atoms with E-state index < -0.39 is 6.10 Å². The topological polar surface area (TPSA) is 70.8 Å². The molecule has 0 saturated carbocycles. The molecular weight excluding hydrogens is 394 g/mol. The summed E-state index contributed by atoms with van der Waals surface area (Å²) in [4.78, 5) is 16.6. The molecule has 31 heavy (non-hydrogen) atoms. The largest absolute Gasteiger partial charge is 0.493 e. The van der Waals surface area contributed by atoms with Gasteiger partial charge in [-0.15, -0.1) is 0 Å². The van der Waals surface area contributed by atoms with Crippen LogP contribution in [0.5, 0.6) is 5.75 Å². The summed E-state index contributed by atoms with van der Waals surface area (Å²) in [6, 6.07) is 17.5. The standard InChI is InChI=1S/C25H29NO5/c1-4-28-23(25(27)29-5-2)17-19-11-13-21(14-12-19)30-16-15-22-18(3)31-24(26-22)20-9-7-6-8-10-20/h6-14,23H,4-5,15-17H2,1-3H3. The van der Waals surface area contributed by atoms with Gasteiger partial charge in [0.1, 0.15) is 11.5 Å². The minimum atomic E-state index is -0.592. The number of benzene rings is 2. The Hall–Kier alpha value is -3.12. The number of aromatic nitrogens is 1. The van der Waals surface area contributed by atoms with E-state index in [4.69, 9.17) is 18.6 Å². The molecule has 3 rings (SSSR count). The fourth-order valence-corrected chi connectivity index (χ4v) is 3.21. The van der Waals surface area contributed by atoms with Gasteiger partial charge in [-0.25, -0.2) is 9.78 Å². The molecule has 1 atom stereocenters. The van der Waals surface area contributed by atoms with Crippen molar-refractivity contribution in [3.8, 4) is 17.2 Å². The summed E-state index contributed by atoms with van der Waals surface area (Å²) in [5.74, 6) is 1.86. The summed E-state index contributed by atoms with van der Waals surface area (Å²) in [5, 5.41) is 0. The van der Waals surface area contributed by atoms with Crippen LogP contribution >= 0.6 is 0 Å². The Morgan fingerprint density at radius 1 is 1.03 bits per heavy atom. The first kappa shape index (κ1) is 22.6. The molecule has 0 saturated heterocycles. The molecule has 0 spiro atoms. The number of hydrogen-bond acceptors (Lipinski definition) is 6. The van der Waals surface area contributed by atoms with Crippen molar-refractivity contribution in [3.05, 3.63) is 71.6 Å².